The minimum Gasteiger partial charge on any atom is -0.491 e. The van der Waals surface area contributed by atoms with E-state index in [0.29, 0.717) is 39.6 Å². The molecule has 0 amide bonds. The van der Waals surface area contributed by atoms with Crippen molar-refractivity contribution in [3.63, 3.8) is 0 Å². The van der Waals surface area contributed by atoms with E-state index in [1.54, 1.807) is 7.11 Å². The van der Waals surface area contributed by atoms with Crippen molar-refractivity contribution in [3.05, 3.63) is 29.8 Å². The summed E-state index contributed by atoms with van der Waals surface area (Å²) in [6.45, 7) is 3.52. The molecule has 4 nitrogen and oxygen atoms in total. The predicted octanol–water partition coefficient (Wildman–Crippen LogP) is 3.07. The monoisotopic (exact) mass is 360 g/mol. The zero-order valence-corrected chi connectivity index (χ0v) is 14.3. The van der Waals surface area contributed by atoms with Crippen molar-refractivity contribution in [1.82, 2.24) is 0 Å². The standard InChI is InChI=1S/C16H25BrO4/c1-18-8-9-19-10-11-20-12-13-21-16-6-2-4-15(14-16)5-3-7-17/h2,4,6,14H,3,5,7-13H2,1H3. The van der Waals surface area contributed by atoms with E-state index < -0.39 is 0 Å². The Hall–Kier alpha value is -0.620. The third kappa shape index (κ3) is 9.85. The highest BCUT2D eigenvalue weighted by molar-refractivity contribution is 9.09. The summed E-state index contributed by atoms with van der Waals surface area (Å²) in [6.07, 6.45) is 2.20. The Bertz CT molecular complexity index is 360. The molecule has 21 heavy (non-hydrogen) atoms. The van der Waals surface area contributed by atoms with Gasteiger partial charge in [0.05, 0.1) is 33.0 Å². The van der Waals surface area contributed by atoms with Crippen molar-refractivity contribution in [1.29, 1.82) is 0 Å². The lowest BCUT2D eigenvalue weighted by Gasteiger charge is -2.09. The number of benzene rings is 1. The molecule has 0 radical (unpaired) electrons. The number of rotatable bonds is 13. The van der Waals surface area contributed by atoms with Crippen molar-refractivity contribution >= 4 is 15.9 Å². The number of aryl methyl sites for hydroxylation is 1. The van der Waals surface area contributed by atoms with Crippen LogP contribution < -0.4 is 4.74 Å². The van der Waals surface area contributed by atoms with Crippen molar-refractivity contribution in [3.8, 4) is 5.75 Å². The minimum absolute atomic E-state index is 0.556. The Morgan fingerprint density at radius 3 is 2.38 bits per heavy atom. The van der Waals surface area contributed by atoms with Crippen LogP contribution in [-0.4, -0.2) is 52.1 Å². The highest BCUT2D eigenvalue weighted by Crippen LogP contribution is 2.14. The van der Waals surface area contributed by atoms with Gasteiger partial charge in [-0.1, -0.05) is 28.1 Å². The van der Waals surface area contributed by atoms with Crippen molar-refractivity contribution in [2.24, 2.45) is 0 Å². The second kappa shape index (κ2) is 13.1. The fourth-order valence-corrected chi connectivity index (χ4v) is 2.02. The van der Waals surface area contributed by atoms with Gasteiger partial charge >= 0.3 is 0 Å². The van der Waals surface area contributed by atoms with Gasteiger partial charge in [-0.25, -0.2) is 0 Å². The molecule has 0 aliphatic rings. The van der Waals surface area contributed by atoms with E-state index in [2.05, 4.69) is 28.1 Å². The van der Waals surface area contributed by atoms with Gasteiger partial charge in [0.15, 0.2) is 0 Å². The summed E-state index contributed by atoms with van der Waals surface area (Å²) < 4.78 is 21.3. The van der Waals surface area contributed by atoms with Crippen molar-refractivity contribution < 1.29 is 18.9 Å². The lowest BCUT2D eigenvalue weighted by Crippen LogP contribution is -2.12. The number of hydrogen-bond donors (Lipinski definition) is 0. The van der Waals surface area contributed by atoms with E-state index in [0.717, 1.165) is 23.9 Å². The van der Waals surface area contributed by atoms with Gasteiger partial charge in [0.25, 0.3) is 0 Å². The lowest BCUT2D eigenvalue weighted by molar-refractivity contribution is 0.0179. The molecule has 0 fully saturated rings. The van der Waals surface area contributed by atoms with Gasteiger partial charge in [0, 0.05) is 12.4 Å². The normalized spacial score (nSPS) is 10.8. The molecule has 0 bridgehead atoms. The molecule has 0 atom stereocenters. The third-order valence-corrected chi connectivity index (χ3v) is 3.36. The highest BCUT2D eigenvalue weighted by Gasteiger charge is 1.97. The van der Waals surface area contributed by atoms with Crippen molar-refractivity contribution in [2.75, 3.05) is 52.1 Å². The predicted molar refractivity (Wildman–Crippen MR) is 87.6 cm³/mol. The van der Waals surface area contributed by atoms with E-state index in [1.165, 1.54) is 5.56 Å². The minimum atomic E-state index is 0.556. The maximum Gasteiger partial charge on any atom is 0.119 e. The van der Waals surface area contributed by atoms with E-state index in [4.69, 9.17) is 18.9 Å². The summed E-state index contributed by atoms with van der Waals surface area (Å²) in [5, 5.41) is 1.03. The molecule has 5 heteroatoms. The summed E-state index contributed by atoms with van der Waals surface area (Å²) in [7, 11) is 1.66. The topological polar surface area (TPSA) is 36.9 Å². The molecule has 0 unspecified atom stereocenters. The quantitative estimate of drug-likeness (QED) is 0.400. The molecule has 1 rings (SSSR count). The SMILES string of the molecule is COCCOCCOCCOc1cccc(CCCBr)c1. The smallest absolute Gasteiger partial charge is 0.119 e. The van der Waals surface area contributed by atoms with E-state index in [1.807, 2.05) is 12.1 Å². The number of halogens is 1. The van der Waals surface area contributed by atoms with Crippen LogP contribution in [0.3, 0.4) is 0 Å². The molecule has 1 aromatic carbocycles. The Kier molecular flexibility index (Phi) is 11.5. The Labute approximate surface area is 135 Å². The van der Waals surface area contributed by atoms with Crippen LogP contribution in [0.2, 0.25) is 0 Å². The molecule has 0 heterocycles. The van der Waals surface area contributed by atoms with E-state index >= 15 is 0 Å². The van der Waals surface area contributed by atoms with Crippen molar-refractivity contribution in [2.45, 2.75) is 12.8 Å². The zero-order chi connectivity index (χ0) is 15.2. The Balaban J connectivity index is 2.04. The Morgan fingerprint density at radius 1 is 0.952 bits per heavy atom. The summed E-state index contributed by atoms with van der Waals surface area (Å²) in [5.74, 6) is 0.905. The van der Waals surface area contributed by atoms with Crippen LogP contribution in [-0.2, 0) is 20.6 Å². The van der Waals surface area contributed by atoms with Gasteiger partial charge in [0.2, 0.25) is 0 Å². The Morgan fingerprint density at radius 2 is 1.67 bits per heavy atom. The van der Waals surface area contributed by atoms with Crippen LogP contribution in [0.15, 0.2) is 24.3 Å². The third-order valence-electron chi connectivity index (χ3n) is 2.80. The van der Waals surface area contributed by atoms with Crippen LogP contribution in [0, 0.1) is 0 Å². The van der Waals surface area contributed by atoms with Gasteiger partial charge < -0.3 is 18.9 Å². The summed E-state index contributed by atoms with van der Waals surface area (Å²) in [4.78, 5) is 0. The molecule has 0 aliphatic heterocycles. The average Bonchev–Trinajstić information content (AvgIpc) is 2.52. The molecular formula is C16H25BrO4. The van der Waals surface area contributed by atoms with Gasteiger partial charge in [-0.3, -0.25) is 0 Å². The average molecular weight is 361 g/mol. The first-order valence-corrected chi connectivity index (χ1v) is 8.41. The summed E-state index contributed by atoms with van der Waals surface area (Å²) in [6, 6.07) is 8.23. The van der Waals surface area contributed by atoms with Gasteiger partial charge in [-0.05, 0) is 30.5 Å². The lowest BCUT2D eigenvalue weighted by atomic mass is 10.1. The molecule has 0 aliphatic carbocycles. The maximum atomic E-state index is 5.67. The fraction of sp³-hybridized carbons (Fsp3) is 0.625. The first-order chi connectivity index (χ1) is 10.4. The second-order valence-electron chi connectivity index (χ2n) is 4.51. The number of alkyl halides is 1. The number of ether oxygens (including phenoxy) is 4. The second-order valence-corrected chi connectivity index (χ2v) is 5.30. The molecular weight excluding hydrogens is 336 g/mol. The molecule has 0 aromatic heterocycles. The largest absolute Gasteiger partial charge is 0.491 e. The van der Waals surface area contributed by atoms with Crippen LogP contribution in [0.5, 0.6) is 5.75 Å². The number of hydrogen-bond acceptors (Lipinski definition) is 4. The van der Waals surface area contributed by atoms with Crippen LogP contribution >= 0.6 is 15.9 Å². The maximum absolute atomic E-state index is 5.67. The van der Waals surface area contributed by atoms with Crippen LogP contribution in [0.1, 0.15) is 12.0 Å². The van der Waals surface area contributed by atoms with E-state index in [9.17, 15) is 0 Å². The fourth-order valence-electron chi connectivity index (χ4n) is 1.74. The van der Waals surface area contributed by atoms with Crippen LogP contribution in [0.4, 0.5) is 0 Å². The first-order valence-electron chi connectivity index (χ1n) is 7.29. The summed E-state index contributed by atoms with van der Waals surface area (Å²) in [5.41, 5.74) is 1.31. The van der Waals surface area contributed by atoms with Gasteiger partial charge in [-0.2, -0.15) is 0 Å². The molecule has 0 N–H and O–H groups in total. The molecule has 0 spiro atoms. The van der Waals surface area contributed by atoms with Crippen LogP contribution in [0.25, 0.3) is 0 Å². The molecule has 1 aromatic rings. The first kappa shape index (κ1) is 18.4. The molecule has 0 saturated carbocycles. The molecule has 120 valence electrons. The van der Waals surface area contributed by atoms with Gasteiger partial charge in [-0.15, -0.1) is 0 Å². The highest BCUT2D eigenvalue weighted by atomic mass is 79.9. The zero-order valence-electron chi connectivity index (χ0n) is 12.7. The number of methoxy groups -OCH3 is 1. The molecule has 0 saturated heterocycles. The summed E-state index contributed by atoms with van der Waals surface area (Å²) >= 11 is 3.45. The van der Waals surface area contributed by atoms with E-state index in [-0.39, 0.29) is 0 Å². The van der Waals surface area contributed by atoms with Gasteiger partial charge in [0.1, 0.15) is 12.4 Å².